The maximum Gasteiger partial charge on any atom is 0.159 e. The summed E-state index contributed by atoms with van der Waals surface area (Å²) in [6.45, 7) is 8.46. The number of hydrogen-bond donors (Lipinski definition) is 3. The smallest absolute Gasteiger partial charge is 0.159 e. The summed E-state index contributed by atoms with van der Waals surface area (Å²) < 4.78 is 14.5. The summed E-state index contributed by atoms with van der Waals surface area (Å²) in [6.07, 6.45) is 6.17. The van der Waals surface area contributed by atoms with Crippen LogP contribution < -0.4 is 5.32 Å². The molecular weight excluding hydrogens is 477 g/mol. The standard InChI is InChI=1S/C30H26FN7/c1-17(2)12-18(3)34-21-13-20(15-32-16-21)19-8-9-25-23(14-19)28(38-37-25)30-35-26-10-11-33-27(29(26)36-30)22-6-4-5-7-24(22)31/h4-11,13-17,34H,3,12H2,1-2H3,(H,35,36)(H,37,38). The van der Waals surface area contributed by atoms with Gasteiger partial charge in [-0.2, -0.15) is 5.10 Å². The molecule has 6 rings (SSSR count). The Labute approximate surface area is 218 Å². The van der Waals surface area contributed by atoms with E-state index in [0.717, 1.165) is 45.4 Å². The summed E-state index contributed by atoms with van der Waals surface area (Å²) in [5.74, 6) is 0.752. The lowest BCUT2D eigenvalue weighted by atomic mass is 10.0. The number of hydrogen-bond acceptors (Lipinski definition) is 5. The lowest BCUT2D eigenvalue weighted by Gasteiger charge is -2.12. The molecule has 4 aromatic heterocycles. The fourth-order valence-electron chi connectivity index (χ4n) is 4.69. The van der Waals surface area contributed by atoms with E-state index in [1.165, 1.54) is 6.07 Å². The third-order valence-corrected chi connectivity index (χ3v) is 6.36. The van der Waals surface area contributed by atoms with Crippen LogP contribution in [0.4, 0.5) is 10.1 Å². The molecule has 3 N–H and O–H groups in total. The number of nitrogens with one attached hydrogen (secondary N) is 3. The fourth-order valence-corrected chi connectivity index (χ4v) is 4.69. The summed E-state index contributed by atoms with van der Waals surface area (Å²) in [4.78, 5) is 17.0. The highest BCUT2D eigenvalue weighted by Crippen LogP contribution is 2.33. The van der Waals surface area contributed by atoms with E-state index >= 15 is 0 Å². The molecule has 6 aromatic rings. The number of allylic oxidation sites excluding steroid dienone is 1. The Bertz CT molecular complexity index is 1800. The summed E-state index contributed by atoms with van der Waals surface area (Å²) >= 11 is 0. The number of aromatic amines is 2. The Kier molecular flexibility index (Phi) is 5.92. The number of fused-ring (bicyclic) bond motifs is 2. The largest absolute Gasteiger partial charge is 0.358 e. The molecule has 0 bridgehead atoms. The van der Waals surface area contributed by atoms with Crippen LogP contribution in [-0.2, 0) is 0 Å². The van der Waals surface area contributed by atoms with Crippen molar-refractivity contribution in [1.82, 2.24) is 30.1 Å². The van der Waals surface area contributed by atoms with Gasteiger partial charge in [-0.3, -0.25) is 15.1 Å². The zero-order valence-electron chi connectivity index (χ0n) is 21.1. The molecule has 0 atom stereocenters. The minimum absolute atomic E-state index is 0.343. The van der Waals surface area contributed by atoms with Crippen LogP contribution in [0.5, 0.6) is 0 Å². The molecule has 0 spiro atoms. The first-order valence-corrected chi connectivity index (χ1v) is 12.4. The first kappa shape index (κ1) is 23.5. The number of H-pyrrole nitrogens is 2. The highest BCUT2D eigenvalue weighted by molar-refractivity contribution is 5.97. The van der Waals surface area contributed by atoms with Crippen LogP contribution >= 0.6 is 0 Å². The van der Waals surface area contributed by atoms with Gasteiger partial charge in [-0.1, -0.05) is 38.6 Å². The molecule has 0 aliphatic rings. The van der Waals surface area contributed by atoms with Crippen molar-refractivity contribution in [2.24, 2.45) is 5.92 Å². The average molecular weight is 504 g/mol. The molecule has 7 nitrogen and oxygen atoms in total. The van der Waals surface area contributed by atoms with E-state index < -0.39 is 0 Å². The molecule has 0 radical (unpaired) electrons. The third-order valence-electron chi connectivity index (χ3n) is 6.36. The predicted molar refractivity (Wildman–Crippen MR) is 150 cm³/mol. The van der Waals surface area contributed by atoms with Gasteiger partial charge in [0, 0.05) is 34.6 Å². The van der Waals surface area contributed by atoms with Gasteiger partial charge in [0.25, 0.3) is 0 Å². The van der Waals surface area contributed by atoms with E-state index in [4.69, 9.17) is 4.98 Å². The van der Waals surface area contributed by atoms with Crippen molar-refractivity contribution >= 4 is 27.6 Å². The molecule has 8 heteroatoms. The third kappa shape index (κ3) is 4.41. The summed E-state index contributed by atoms with van der Waals surface area (Å²) in [5, 5.41) is 11.9. The number of nitrogens with zero attached hydrogens (tertiary/aromatic N) is 4. The van der Waals surface area contributed by atoms with Crippen molar-refractivity contribution in [1.29, 1.82) is 0 Å². The second kappa shape index (κ2) is 9.55. The monoisotopic (exact) mass is 503 g/mol. The Hall–Kier alpha value is -4.85. The fraction of sp³-hybridized carbons (Fsp3) is 0.133. The SMILES string of the molecule is C=C(CC(C)C)Nc1cncc(-c2ccc3[nH]nc(-c4nc5c(-c6ccccc6F)nccc5[nH]4)c3c2)c1. The van der Waals surface area contributed by atoms with Gasteiger partial charge in [0.15, 0.2) is 5.82 Å². The summed E-state index contributed by atoms with van der Waals surface area (Å²) in [5.41, 5.74) is 7.60. The number of rotatable bonds is 7. The molecule has 0 saturated carbocycles. The van der Waals surface area contributed by atoms with Crippen molar-refractivity contribution in [2.75, 3.05) is 5.32 Å². The first-order valence-electron chi connectivity index (χ1n) is 12.4. The van der Waals surface area contributed by atoms with E-state index in [1.54, 1.807) is 30.6 Å². The van der Waals surface area contributed by atoms with Crippen molar-refractivity contribution in [3.63, 3.8) is 0 Å². The van der Waals surface area contributed by atoms with Crippen LogP contribution in [0.2, 0.25) is 0 Å². The molecule has 0 amide bonds. The highest BCUT2D eigenvalue weighted by atomic mass is 19.1. The average Bonchev–Trinajstić information content (AvgIpc) is 3.52. The molecule has 0 unspecified atom stereocenters. The predicted octanol–water partition coefficient (Wildman–Crippen LogP) is 7.34. The number of imidazole rings is 1. The second-order valence-corrected chi connectivity index (χ2v) is 9.74. The molecular formula is C30H26FN7. The van der Waals surface area contributed by atoms with Gasteiger partial charge >= 0.3 is 0 Å². The van der Waals surface area contributed by atoms with Crippen molar-refractivity contribution < 1.29 is 4.39 Å². The molecule has 0 aliphatic carbocycles. The number of anilines is 1. The zero-order valence-corrected chi connectivity index (χ0v) is 21.1. The van der Waals surface area contributed by atoms with Crippen LogP contribution in [-0.4, -0.2) is 30.1 Å². The summed E-state index contributed by atoms with van der Waals surface area (Å²) in [7, 11) is 0. The van der Waals surface area contributed by atoms with E-state index in [-0.39, 0.29) is 5.82 Å². The van der Waals surface area contributed by atoms with Gasteiger partial charge in [0.2, 0.25) is 0 Å². The zero-order chi connectivity index (χ0) is 26.2. The quantitative estimate of drug-likeness (QED) is 0.212. The summed E-state index contributed by atoms with van der Waals surface area (Å²) in [6, 6.07) is 16.6. The molecule has 2 aromatic carbocycles. The van der Waals surface area contributed by atoms with Gasteiger partial charge in [-0.05, 0) is 54.3 Å². The Morgan fingerprint density at radius 2 is 1.87 bits per heavy atom. The molecule has 0 fully saturated rings. The van der Waals surface area contributed by atoms with Gasteiger partial charge in [0.1, 0.15) is 22.7 Å². The topological polar surface area (TPSA) is 95.2 Å². The molecule has 0 saturated heterocycles. The van der Waals surface area contributed by atoms with E-state index in [2.05, 4.69) is 63.0 Å². The molecule has 38 heavy (non-hydrogen) atoms. The molecule has 188 valence electrons. The van der Waals surface area contributed by atoms with Gasteiger partial charge in [-0.15, -0.1) is 0 Å². The number of pyridine rings is 2. The van der Waals surface area contributed by atoms with E-state index in [0.29, 0.717) is 34.2 Å². The van der Waals surface area contributed by atoms with Gasteiger partial charge in [0.05, 0.1) is 22.9 Å². The minimum atomic E-state index is -0.343. The van der Waals surface area contributed by atoms with Crippen LogP contribution in [0.1, 0.15) is 20.3 Å². The van der Waals surface area contributed by atoms with Gasteiger partial charge < -0.3 is 10.3 Å². The second-order valence-electron chi connectivity index (χ2n) is 9.74. The minimum Gasteiger partial charge on any atom is -0.358 e. The van der Waals surface area contributed by atoms with Crippen LogP contribution in [0.15, 0.2) is 85.5 Å². The van der Waals surface area contributed by atoms with Crippen molar-refractivity contribution in [3.8, 4) is 33.9 Å². The maximum atomic E-state index is 14.5. The Morgan fingerprint density at radius 3 is 2.71 bits per heavy atom. The maximum absolute atomic E-state index is 14.5. The first-order chi connectivity index (χ1) is 18.5. The van der Waals surface area contributed by atoms with Crippen molar-refractivity contribution in [2.45, 2.75) is 20.3 Å². The van der Waals surface area contributed by atoms with Crippen LogP contribution in [0, 0.1) is 11.7 Å². The number of benzene rings is 2. The van der Waals surface area contributed by atoms with E-state index in [9.17, 15) is 4.39 Å². The lowest BCUT2D eigenvalue weighted by molar-refractivity contribution is 0.631. The van der Waals surface area contributed by atoms with Crippen LogP contribution in [0.25, 0.3) is 55.8 Å². The molecule has 4 heterocycles. The molecule has 0 aliphatic heterocycles. The van der Waals surface area contributed by atoms with E-state index in [1.807, 2.05) is 24.4 Å². The highest BCUT2D eigenvalue weighted by Gasteiger charge is 2.18. The van der Waals surface area contributed by atoms with Gasteiger partial charge in [-0.25, -0.2) is 9.37 Å². The number of aromatic nitrogens is 6. The Balaban J connectivity index is 1.39. The van der Waals surface area contributed by atoms with Crippen LogP contribution in [0.3, 0.4) is 0 Å². The number of halogens is 1. The van der Waals surface area contributed by atoms with Crippen molar-refractivity contribution in [3.05, 3.63) is 91.3 Å². The Morgan fingerprint density at radius 1 is 1.00 bits per heavy atom. The lowest BCUT2D eigenvalue weighted by Crippen LogP contribution is -2.02. The normalized spacial score (nSPS) is 11.5.